The molecule has 0 saturated carbocycles. The van der Waals surface area contributed by atoms with Crippen LogP contribution in [0.3, 0.4) is 0 Å². The van der Waals surface area contributed by atoms with E-state index in [4.69, 9.17) is 10.5 Å². The van der Waals surface area contributed by atoms with Gasteiger partial charge >= 0.3 is 6.18 Å². The molecule has 2 N–H and O–H groups in total. The first-order chi connectivity index (χ1) is 10.4. The van der Waals surface area contributed by atoms with E-state index in [2.05, 4.69) is 9.97 Å². The second-order valence-electron chi connectivity index (χ2n) is 4.50. The lowest BCUT2D eigenvalue weighted by Gasteiger charge is -2.10. The molecule has 2 aromatic heterocycles. The molecule has 114 valence electrons. The van der Waals surface area contributed by atoms with E-state index in [1.807, 2.05) is 0 Å². The first-order valence-corrected chi connectivity index (χ1v) is 6.98. The van der Waals surface area contributed by atoms with Gasteiger partial charge in [-0.1, -0.05) is 0 Å². The number of halogens is 3. The van der Waals surface area contributed by atoms with E-state index >= 15 is 0 Å². The largest absolute Gasteiger partial charge is 0.497 e. The van der Waals surface area contributed by atoms with Gasteiger partial charge in [-0.2, -0.15) is 13.2 Å². The molecule has 0 spiro atoms. The highest BCUT2D eigenvalue weighted by molar-refractivity contribution is 7.22. The monoisotopic (exact) mass is 325 g/mol. The lowest BCUT2D eigenvalue weighted by atomic mass is 10.1. The van der Waals surface area contributed by atoms with Gasteiger partial charge in [-0.15, -0.1) is 11.3 Å². The van der Waals surface area contributed by atoms with Crippen molar-refractivity contribution in [2.45, 2.75) is 6.18 Å². The zero-order valence-corrected chi connectivity index (χ0v) is 12.1. The van der Waals surface area contributed by atoms with Crippen molar-refractivity contribution in [1.82, 2.24) is 9.97 Å². The number of methoxy groups -OCH3 is 1. The molecule has 4 nitrogen and oxygen atoms in total. The Morgan fingerprint density at radius 1 is 1.23 bits per heavy atom. The maximum Gasteiger partial charge on any atom is 0.420 e. The summed E-state index contributed by atoms with van der Waals surface area (Å²) >= 11 is 1.21. The van der Waals surface area contributed by atoms with Gasteiger partial charge in [0.2, 0.25) is 5.95 Å². The first kappa shape index (κ1) is 14.6. The minimum absolute atomic E-state index is 0.196. The molecule has 3 aromatic rings. The molecule has 0 saturated heterocycles. The number of rotatable bonds is 2. The summed E-state index contributed by atoms with van der Waals surface area (Å²) in [6.07, 6.45) is -3.83. The summed E-state index contributed by atoms with van der Waals surface area (Å²) in [5.41, 5.74) is 4.33. The molecule has 0 aliphatic carbocycles. The number of hydrogen-bond donors (Lipinski definition) is 1. The Morgan fingerprint density at radius 2 is 2.00 bits per heavy atom. The summed E-state index contributed by atoms with van der Waals surface area (Å²) in [6, 6.07) is 6.94. The molecule has 0 aliphatic rings. The fraction of sp³-hybridized carbons (Fsp3) is 0.143. The molecule has 0 fully saturated rings. The SMILES string of the molecule is COc1ccc2sc(-c3nc(N)ncc3C(F)(F)F)cc2c1. The Hall–Kier alpha value is -2.35. The average Bonchev–Trinajstić information content (AvgIpc) is 2.88. The van der Waals surface area contributed by atoms with E-state index < -0.39 is 11.7 Å². The van der Waals surface area contributed by atoms with E-state index in [0.29, 0.717) is 16.8 Å². The van der Waals surface area contributed by atoms with Crippen molar-refractivity contribution in [2.24, 2.45) is 0 Å². The number of aromatic nitrogens is 2. The van der Waals surface area contributed by atoms with Crippen molar-refractivity contribution in [2.75, 3.05) is 12.8 Å². The topological polar surface area (TPSA) is 61.0 Å². The number of anilines is 1. The number of benzene rings is 1. The van der Waals surface area contributed by atoms with Crippen LogP contribution in [-0.4, -0.2) is 17.1 Å². The smallest absolute Gasteiger partial charge is 0.420 e. The predicted octanol–water partition coefficient (Wildman–Crippen LogP) is 3.97. The molecule has 0 aliphatic heterocycles. The number of nitrogen functional groups attached to an aromatic ring is 1. The molecule has 3 rings (SSSR count). The molecule has 0 atom stereocenters. The van der Waals surface area contributed by atoms with Gasteiger partial charge in [0.15, 0.2) is 0 Å². The van der Waals surface area contributed by atoms with Gasteiger partial charge in [0.25, 0.3) is 0 Å². The minimum atomic E-state index is -4.54. The van der Waals surface area contributed by atoms with Gasteiger partial charge in [0, 0.05) is 10.9 Å². The van der Waals surface area contributed by atoms with Crippen molar-refractivity contribution in [3.8, 4) is 16.3 Å². The number of nitrogens with zero attached hydrogens (tertiary/aromatic N) is 2. The Morgan fingerprint density at radius 3 is 2.68 bits per heavy atom. The summed E-state index contributed by atoms with van der Waals surface area (Å²) in [6.45, 7) is 0. The van der Waals surface area contributed by atoms with Crippen molar-refractivity contribution in [3.05, 3.63) is 36.0 Å². The third-order valence-corrected chi connectivity index (χ3v) is 4.19. The van der Waals surface area contributed by atoms with Crippen LogP contribution in [0.5, 0.6) is 5.75 Å². The van der Waals surface area contributed by atoms with E-state index in [9.17, 15) is 13.2 Å². The first-order valence-electron chi connectivity index (χ1n) is 6.16. The predicted molar refractivity (Wildman–Crippen MR) is 78.8 cm³/mol. The van der Waals surface area contributed by atoms with Crippen LogP contribution in [-0.2, 0) is 6.18 Å². The fourth-order valence-electron chi connectivity index (χ4n) is 2.06. The highest BCUT2D eigenvalue weighted by Gasteiger charge is 2.35. The maximum absolute atomic E-state index is 13.1. The summed E-state index contributed by atoms with van der Waals surface area (Å²) < 4.78 is 45.3. The Balaban J connectivity index is 2.20. The minimum Gasteiger partial charge on any atom is -0.497 e. The lowest BCUT2D eigenvalue weighted by molar-refractivity contribution is -0.137. The quantitative estimate of drug-likeness (QED) is 0.774. The summed E-state index contributed by atoms with van der Waals surface area (Å²) in [5.74, 6) is 0.438. The summed E-state index contributed by atoms with van der Waals surface area (Å²) in [4.78, 5) is 7.60. The second-order valence-corrected chi connectivity index (χ2v) is 5.59. The van der Waals surface area contributed by atoms with Crippen molar-refractivity contribution in [1.29, 1.82) is 0 Å². The van der Waals surface area contributed by atoms with Crippen LogP contribution in [0.15, 0.2) is 30.5 Å². The number of alkyl halides is 3. The highest BCUT2D eigenvalue weighted by atomic mass is 32.1. The highest BCUT2D eigenvalue weighted by Crippen LogP contribution is 2.40. The molecule has 0 amide bonds. The molecule has 22 heavy (non-hydrogen) atoms. The molecule has 0 bridgehead atoms. The maximum atomic E-state index is 13.1. The van der Waals surface area contributed by atoms with Gasteiger partial charge in [0.1, 0.15) is 11.3 Å². The number of hydrogen-bond acceptors (Lipinski definition) is 5. The molecular formula is C14H10F3N3OS. The van der Waals surface area contributed by atoms with Gasteiger partial charge in [-0.3, -0.25) is 0 Å². The van der Waals surface area contributed by atoms with Crippen molar-refractivity contribution in [3.63, 3.8) is 0 Å². The molecule has 2 heterocycles. The van der Waals surface area contributed by atoms with Gasteiger partial charge in [-0.05, 0) is 29.7 Å². The van der Waals surface area contributed by atoms with Crippen LogP contribution in [0.2, 0.25) is 0 Å². The van der Waals surface area contributed by atoms with Crippen molar-refractivity contribution >= 4 is 27.4 Å². The molecule has 0 radical (unpaired) electrons. The fourth-order valence-corrected chi connectivity index (χ4v) is 3.10. The van der Waals surface area contributed by atoms with E-state index in [0.717, 1.165) is 10.1 Å². The van der Waals surface area contributed by atoms with E-state index in [1.165, 1.54) is 18.4 Å². The van der Waals surface area contributed by atoms with Crippen LogP contribution in [0.25, 0.3) is 20.7 Å². The van der Waals surface area contributed by atoms with Crippen LogP contribution in [0.1, 0.15) is 5.56 Å². The zero-order chi connectivity index (χ0) is 15.9. The van der Waals surface area contributed by atoms with Crippen LogP contribution < -0.4 is 10.5 Å². The Labute approximate surface area is 127 Å². The van der Waals surface area contributed by atoms with Crippen molar-refractivity contribution < 1.29 is 17.9 Å². The van der Waals surface area contributed by atoms with Crippen LogP contribution in [0.4, 0.5) is 19.1 Å². The third kappa shape index (κ3) is 2.57. The van der Waals surface area contributed by atoms with Gasteiger partial charge in [0.05, 0.1) is 17.7 Å². The molecule has 8 heteroatoms. The number of nitrogens with two attached hydrogens (primary N) is 1. The molecule has 1 aromatic carbocycles. The number of thiophene rings is 1. The standard InChI is InChI=1S/C14H10F3N3OS/c1-21-8-2-3-10-7(4-8)5-11(22-10)12-9(14(15,16)17)6-19-13(18)20-12/h2-6H,1H3,(H2,18,19,20). The van der Waals surface area contributed by atoms with E-state index in [-0.39, 0.29) is 11.6 Å². The van der Waals surface area contributed by atoms with Gasteiger partial charge in [-0.25, -0.2) is 9.97 Å². The third-order valence-electron chi connectivity index (χ3n) is 3.07. The number of ether oxygens (including phenoxy) is 1. The summed E-state index contributed by atoms with van der Waals surface area (Å²) in [7, 11) is 1.53. The normalized spacial score (nSPS) is 11.8. The Bertz CT molecular complexity index is 845. The van der Waals surface area contributed by atoms with Gasteiger partial charge < -0.3 is 10.5 Å². The van der Waals surface area contributed by atoms with Crippen LogP contribution in [0, 0.1) is 0 Å². The molecule has 0 unspecified atom stereocenters. The Kier molecular flexibility index (Phi) is 3.40. The second kappa shape index (κ2) is 5.13. The lowest BCUT2D eigenvalue weighted by Crippen LogP contribution is -2.10. The average molecular weight is 325 g/mol. The zero-order valence-electron chi connectivity index (χ0n) is 11.3. The summed E-state index contributed by atoms with van der Waals surface area (Å²) in [5, 5.41) is 0.782. The molecular weight excluding hydrogens is 315 g/mol. The van der Waals surface area contributed by atoms with E-state index in [1.54, 1.807) is 24.3 Å². The number of fused-ring (bicyclic) bond motifs is 1. The van der Waals surface area contributed by atoms with Crippen LogP contribution >= 0.6 is 11.3 Å².